The van der Waals surface area contributed by atoms with E-state index in [0.717, 1.165) is 29.1 Å². The number of fused-ring (bicyclic) bond motifs is 1. The normalized spacial score (nSPS) is 15.3. The molecule has 0 N–H and O–H groups in total. The zero-order valence-corrected chi connectivity index (χ0v) is 18.5. The van der Waals surface area contributed by atoms with Crippen LogP contribution in [0.2, 0.25) is 0 Å². The molecule has 2 heterocycles. The fourth-order valence-electron chi connectivity index (χ4n) is 4.23. The summed E-state index contributed by atoms with van der Waals surface area (Å²) in [5, 5.41) is 0. The van der Waals surface area contributed by atoms with Crippen LogP contribution < -0.4 is 0 Å². The van der Waals surface area contributed by atoms with E-state index in [4.69, 9.17) is 9.47 Å². The molecule has 0 saturated heterocycles. The van der Waals surface area contributed by atoms with Crippen molar-refractivity contribution in [3.63, 3.8) is 0 Å². The van der Waals surface area contributed by atoms with Crippen molar-refractivity contribution in [1.29, 1.82) is 0 Å². The smallest absolute Gasteiger partial charge is 0.338 e. The standard InChI is InChI=1S/C24H26N2O6/c1-14-11-19(15(2)26(14)17-6-7-17)21(27)13-32-24(30)16-5-8-18-20(12-16)23(29)25(22(18)28)9-4-10-31-3/h5,8,11-12,17H,4,6-7,9-10,13H2,1-3H3. The SMILES string of the molecule is COCCCN1C(=O)c2ccc(C(=O)OCC(=O)c3cc(C)n(C4CC4)c3C)cc2C1=O. The molecule has 2 aliphatic rings. The molecule has 0 atom stereocenters. The number of amides is 2. The summed E-state index contributed by atoms with van der Waals surface area (Å²) in [4.78, 5) is 51.4. The molecule has 1 fully saturated rings. The number of hydrogen-bond acceptors (Lipinski definition) is 6. The highest BCUT2D eigenvalue weighted by atomic mass is 16.5. The van der Waals surface area contributed by atoms with Gasteiger partial charge in [0, 0.05) is 43.3 Å². The number of benzene rings is 1. The van der Waals surface area contributed by atoms with Gasteiger partial charge in [0.05, 0.1) is 16.7 Å². The lowest BCUT2D eigenvalue weighted by atomic mass is 10.1. The van der Waals surface area contributed by atoms with Crippen LogP contribution in [-0.4, -0.2) is 59.9 Å². The van der Waals surface area contributed by atoms with E-state index in [-0.39, 0.29) is 41.5 Å². The maximum atomic E-state index is 12.7. The monoisotopic (exact) mass is 438 g/mol. The summed E-state index contributed by atoms with van der Waals surface area (Å²) >= 11 is 0. The van der Waals surface area contributed by atoms with Gasteiger partial charge >= 0.3 is 5.97 Å². The second-order valence-electron chi connectivity index (χ2n) is 8.25. The summed E-state index contributed by atoms with van der Waals surface area (Å²) in [6.07, 6.45) is 2.75. The maximum absolute atomic E-state index is 12.7. The van der Waals surface area contributed by atoms with Gasteiger partial charge in [-0.25, -0.2) is 4.79 Å². The van der Waals surface area contributed by atoms with Crippen LogP contribution in [-0.2, 0) is 9.47 Å². The van der Waals surface area contributed by atoms with Crippen LogP contribution in [0.25, 0.3) is 0 Å². The number of aromatic nitrogens is 1. The lowest BCUT2D eigenvalue weighted by molar-refractivity contribution is 0.0474. The molecule has 8 heteroatoms. The Morgan fingerprint density at radius 2 is 1.78 bits per heavy atom. The molecular weight excluding hydrogens is 412 g/mol. The van der Waals surface area contributed by atoms with Crippen molar-refractivity contribution in [2.24, 2.45) is 0 Å². The van der Waals surface area contributed by atoms with E-state index in [9.17, 15) is 19.2 Å². The minimum atomic E-state index is -0.713. The van der Waals surface area contributed by atoms with Crippen LogP contribution in [0.1, 0.15) is 78.1 Å². The van der Waals surface area contributed by atoms with Crippen molar-refractivity contribution in [2.45, 2.75) is 39.2 Å². The Bertz CT molecular complexity index is 1110. The largest absolute Gasteiger partial charge is 0.454 e. The van der Waals surface area contributed by atoms with E-state index >= 15 is 0 Å². The van der Waals surface area contributed by atoms with Crippen LogP contribution >= 0.6 is 0 Å². The number of aryl methyl sites for hydroxylation is 1. The summed E-state index contributed by atoms with van der Waals surface area (Å²) in [6, 6.07) is 6.54. The Morgan fingerprint density at radius 3 is 2.47 bits per heavy atom. The number of esters is 1. The molecule has 168 valence electrons. The van der Waals surface area contributed by atoms with Gasteiger partial charge in [-0.15, -0.1) is 0 Å². The summed E-state index contributed by atoms with van der Waals surface area (Å²) in [6.45, 7) is 4.16. The zero-order valence-electron chi connectivity index (χ0n) is 18.5. The van der Waals surface area contributed by atoms with Crippen LogP contribution in [0.4, 0.5) is 0 Å². The molecule has 1 aromatic carbocycles. The molecule has 0 radical (unpaired) electrons. The van der Waals surface area contributed by atoms with Crippen LogP contribution in [0.3, 0.4) is 0 Å². The lowest BCUT2D eigenvalue weighted by Gasteiger charge is -2.12. The highest BCUT2D eigenvalue weighted by Crippen LogP contribution is 2.38. The van der Waals surface area contributed by atoms with Crippen molar-refractivity contribution >= 4 is 23.6 Å². The molecule has 1 aliphatic heterocycles. The molecule has 2 amide bonds. The molecule has 1 saturated carbocycles. The van der Waals surface area contributed by atoms with Gasteiger partial charge in [0.25, 0.3) is 11.8 Å². The molecule has 2 aromatic rings. The van der Waals surface area contributed by atoms with Gasteiger partial charge in [0.2, 0.25) is 5.78 Å². The molecule has 1 aliphatic carbocycles. The third-order valence-electron chi connectivity index (χ3n) is 5.97. The van der Waals surface area contributed by atoms with E-state index in [1.54, 1.807) is 7.11 Å². The van der Waals surface area contributed by atoms with E-state index in [1.165, 1.54) is 18.2 Å². The summed E-state index contributed by atoms with van der Waals surface area (Å²) in [5.74, 6) is -1.81. The number of nitrogens with zero attached hydrogens (tertiary/aromatic N) is 2. The second kappa shape index (κ2) is 8.70. The molecular formula is C24H26N2O6. The summed E-state index contributed by atoms with van der Waals surface area (Å²) in [7, 11) is 1.55. The Morgan fingerprint density at radius 1 is 1.06 bits per heavy atom. The van der Waals surface area contributed by atoms with Gasteiger partial charge in [-0.2, -0.15) is 0 Å². The highest BCUT2D eigenvalue weighted by molar-refractivity contribution is 6.22. The zero-order chi connectivity index (χ0) is 23.0. The van der Waals surface area contributed by atoms with Crippen LogP contribution in [0, 0.1) is 13.8 Å². The number of carbonyl (C=O) groups excluding carboxylic acids is 4. The first-order chi connectivity index (χ1) is 15.3. The first-order valence-corrected chi connectivity index (χ1v) is 10.7. The minimum absolute atomic E-state index is 0.125. The quantitative estimate of drug-likeness (QED) is 0.258. The predicted octanol–water partition coefficient (Wildman–Crippen LogP) is 3.11. The van der Waals surface area contributed by atoms with Crippen molar-refractivity contribution in [3.05, 3.63) is 57.9 Å². The first kappa shape index (κ1) is 22.0. The van der Waals surface area contributed by atoms with Gasteiger partial charge in [-0.05, 0) is 57.4 Å². The molecule has 32 heavy (non-hydrogen) atoms. The molecule has 4 rings (SSSR count). The number of rotatable bonds is 9. The van der Waals surface area contributed by atoms with Crippen LogP contribution in [0.5, 0.6) is 0 Å². The molecule has 1 aromatic heterocycles. The average molecular weight is 438 g/mol. The van der Waals surface area contributed by atoms with Crippen LogP contribution in [0.15, 0.2) is 24.3 Å². The second-order valence-corrected chi connectivity index (χ2v) is 8.25. The van der Waals surface area contributed by atoms with E-state index in [1.807, 2.05) is 19.9 Å². The van der Waals surface area contributed by atoms with Crippen molar-refractivity contribution in [2.75, 3.05) is 26.9 Å². The molecule has 8 nitrogen and oxygen atoms in total. The van der Waals surface area contributed by atoms with E-state index < -0.39 is 11.9 Å². The minimum Gasteiger partial charge on any atom is -0.454 e. The summed E-state index contributed by atoms with van der Waals surface area (Å²) in [5.41, 5.74) is 3.02. The molecule has 0 spiro atoms. The number of carbonyl (C=O) groups is 4. The van der Waals surface area contributed by atoms with Gasteiger partial charge < -0.3 is 14.0 Å². The maximum Gasteiger partial charge on any atom is 0.338 e. The Balaban J connectivity index is 1.42. The number of ether oxygens (including phenoxy) is 2. The predicted molar refractivity (Wildman–Crippen MR) is 115 cm³/mol. The lowest BCUT2D eigenvalue weighted by Crippen LogP contribution is -2.31. The fraction of sp³-hybridized carbons (Fsp3) is 0.417. The van der Waals surface area contributed by atoms with Crippen molar-refractivity contribution in [1.82, 2.24) is 9.47 Å². The molecule has 0 unspecified atom stereocenters. The number of methoxy groups -OCH3 is 1. The number of Topliss-reactive ketones (excluding diaryl/α,β-unsaturated/α-hetero) is 1. The van der Waals surface area contributed by atoms with E-state index in [2.05, 4.69) is 4.57 Å². The van der Waals surface area contributed by atoms with Gasteiger partial charge in [0.15, 0.2) is 6.61 Å². The number of ketones is 1. The third-order valence-corrected chi connectivity index (χ3v) is 5.97. The van der Waals surface area contributed by atoms with E-state index in [0.29, 0.717) is 24.6 Å². The fourth-order valence-corrected chi connectivity index (χ4v) is 4.23. The highest BCUT2D eigenvalue weighted by Gasteiger charge is 2.36. The number of imide groups is 1. The van der Waals surface area contributed by atoms with Gasteiger partial charge in [0.1, 0.15) is 0 Å². The molecule has 0 bridgehead atoms. The summed E-state index contributed by atoms with van der Waals surface area (Å²) < 4.78 is 12.4. The first-order valence-electron chi connectivity index (χ1n) is 10.7. The van der Waals surface area contributed by atoms with Gasteiger partial charge in [-0.3, -0.25) is 19.3 Å². The van der Waals surface area contributed by atoms with Crippen molar-refractivity contribution in [3.8, 4) is 0 Å². The Hall–Kier alpha value is -3.26. The topological polar surface area (TPSA) is 94.9 Å². The number of hydrogen-bond donors (Lipinski definition) is 0. The average Bonchev–Trinajstić information content (AvgIpc) is 3.53. The Kier molecular flexibility index (Phi) is 5.97. The van der Waals surface area contributed by atoms with Crippen molar-refractivity contribution < 1.29 is 28.7 Å². The van der Waals surface area contributed by atoms with Gasteiger partial charge in [-0.1, -0.05) is 0 Å². The third kappa shape index (κ3) is 3.98. The Labute approximate surface area is 186 Å².